The highest BCUT2D eigenvalue weighted by Gasteiger charge is 2.27. The van der Waals surface area contributed by atoms with Crippen molar-refractivity contribution in [3.8, 4) is 11.6 Å². The van der Waals surface area contributed by atoms with Crippen molar-refractivity contribution in [1.29, 1.82) is 0 Å². The molecule has 9 heteroatoms. The van der Waals surface area contributed by atoms with Gasteiger partial charge in [-0.1, -0.05) is 44.0 Å². The number of hydrogen-bond acceptors (Lipinski definition) is 4. The van der Waals surface area contributed by atoms with Crippen LogP contribution in [0, 0.1) is 5.92 Å². The molecule has 0 aliphatic rings. The number of nitrogens with one attached hydrogen (secondary N) is 2. The minimum absolute atomic E-state index is 0.0109. The van der Waals surface area contributed by atoms with Crippen LogP contribution < -0.4 is 9.46 Å². The Labute approximate surface area is 157 Å². The summed E-state index contributed by atoms with van der Waals surface area (Å²) in [6.45, 7) is 5.80. The molecule has 138 valence electrons. The smallest absolute Gasteiger partial charge is 0.218 e. The maximum atomic E-state index is 11.7. The van der Waals surface area contributed by atoms with Crippen LogP contribution in [0.15, 0.2) is 18.2 Å². The molecule has 0 aliphatic heterocycles. The van der Waals surface area contributed by atoms with Crippen LogP contribution in [0.1, 0.15) is 38.1 Å². The van der Waals surface area contributed by atoms with Crippen molar-refractivity contribution in [2.75, 3.05) is 6.26 Å². The summed E-state index contributed by atoms with van der Waals surface area (Å²) in [6.07, 6.45) is 1.75. The van der Waals surface area contributed by atoms with Crippen LogP contribution in [-0.4, -0.2) is 24.9 Å². The summed E-state index contributed by atoms with van der Waals surface area (Å²) < 4.78 is 31.8. The fourth-order valence-corrected chi connectivity index (χ4v) is 3.84. The van der Waals surface area contributed by atoms with Gasteiger partial charge in [0.25, 0.3) is 0 Å². The van der Waals surface area contributed by atoms with Crippen LogP contribution >= 0.6 is 23.2 Å². The average molecular weight is 406 g/mol. The van der Waals surface area contributed by atoms with E-state index in [0.717, 1.165) is 11.8 Å². The SMILES string of the molecule is CCc1c(C(NS(C)(=O)=O)C(C)C)n[nH]c1Oc1cc(Cl)cc(Cl)c1. The first-order valence-electron chi connectivity index (χ1n) is 7.79. The van der Waals surface area contributed by atoms with Gasteiger partial charge in [0.2, 0.25) is 15.9 Å². The monoisotopic (exact) mass is 405 g/mol. The summed E-state index contributed by atoms with van der Waals surface area (Å²) in [7, 11) is -3.38. The lowest BCUT2D eigenvalue weighted by molar-refractivity contribution is 0.450. The first-order chi connectivity index (χ1) is 11.6. The lowest BCUT2D eigenvalue weighted by Gasteiger charge is -2.20. The van der Waals surface area contributed by atoms with Gasteiger partial charge in [0, 0.05) is 15.6 Å². The Hall–Kier alpha value is -1.28. The number of nitrogens with zero attached hydrogens (tertiary/aromatic N) is 1. The third-order valence-electron chi connectivity index (χ3n) is 3.57. The number of H-pyrrole nitrogens is 1. The largest absolute Gasteiger partial charge is 0.439 e. The van der Waals surface area contributed by atoms with Crippen molar-refractivity contribution in [2.24, 2.45) is 5.92 Å². The quantitative estimate of drug-likeness (QED) is 0.718. The maximum absolute atomic E-state index is 11.7. The van der Waals surface area contributed by atoms with E-state index in [1.54, 1.807) is 18.2 Å². The zero-order valence-electron chi connectivity index (χ0n) is 14.4. The van der Waals surface area contributed by atoms with E-state index in [2.05, 4.69) is 14.9 Å². The van der Waals surface area contributed by atoms with Crippen LogP contribution in [0.4, 0.5) is 0 Å². The highest BCUT2D eigenvalue weighted by Crippen LogP contribution is 2.33. The lowest BCUT2D eigenvalue weighted by atomic mass is 9.98. The zero-order chi connectivity index (χ0) is 18.8. The maximum Gasteiger partial charge on any atom is 0.218 e. The molecule has 1 unspecified atom stereocenters. The summed E-state index contributed by atoms with van der Waals surface area (Å²) in [5, 5.41) is 8.05. The first-order valence-corrected chi connectivity index (χ1v) is 10.4. The van der Waals surface area contributed by atoms with E-state index in [-0.39, 0.29) is 5.92 Å². The number of sulfonamides is 1. The summed E-state index contributed by atoms with van der Waals surface area (Å²) >= 11 is 12.0. The molecule has 0 saturated carbocycles. The van der Waals surface area contributed by atoms with Gasteiger partial charge in [-0.25, -0.2) is 18.2 Å². The summed E-state index contributed by atoms with van der Waals surface area (Å²) in [5.41, 5.74) is 1.41. The van der Waals surface area contributed by atoms with Gasteiger partial charge in [-0.3, -0.25) is 0 Å². The molecule has 1 atom stereocenters. The minimum atomic E-state index is -3.38. The van der Waals surface area contributed by atoms with Gasteiger partial charge in [0.05, 0.1) is 18.0 Å². The summed E-state index contributed by atoms with van der Waals surface area (Å²) in [5.74, 6) is 0.924. The summed E-state index contributed by atoms with van der Waals surface area (Å²) in [4.78, 5) is 0. The molecule has 2 aromatic rings. The average Bonchev–Trinajstić information content (AvgIpc) is 2.84. The molecule has 2 N–H and O–H groups in total. The van der Waals surface area contributed by atoms with E-state index < -0.39 is 16.1 Å². The topological polar surface area (TPSA) is 84.1 Å². The van der Waals surface area contributed by atoms with Crippen molar-refractivity contribution < 1.29 is 13.2 Å². The van der Waals surface area contributed by atoms with Crippen molar-refractivity contribution in [1.82, 2.24) is 14.9 Å². The molecule has 0 bridgehead atoms. The second kappa shape index (κ2) is 7.95. The van der Waals surface area contributed by atoms with Gasteiger partial charge in [-0.05, 0) is 30.5 Å². The fraction of sp³-hybridized carbons (Fsp3) is 0.438. The van der Waals surface area contributed by atoms with Crippen LogP contribution in [0.5, 0.6) is 11.6 Å². The Morgan fingerprint density at radius 3 is 2.32 bits per heavy atom. The molecule has 0 radical (unpaired) electrons. The normalized spacial score (nSPS) is 13.2. The number of aromatic amines is 1. The Morgan fingerprint density at radius 1 is 1.24 bits per heavy atom. The minimum Gasteiger partial charge on any atom is -0.439 e. The van der Waals surface area contributed by atoms with Crippen LogP contribution in [0.2, 0.25) is 10.0 Å². The van der Waals surface area contributed by atoms with Crippen molar-refractivity contribution in [2.45, 2.75) is 33.2 Å². The molecule has 6 nitrogen and oxygen atoms in total. The number of hydrogen-bond donors (Lipinski definition) is 2. The molecule has 0 spiro atoms. The van der Waals surface area contributed by atoms with Gasteiger partial charge in [0.15, 0.2) is 0 Å². The fourth-order valence-electron chi connectivity index (χ4n) is 2.49. The van der Waals surface area contributed by atoms with Gasteiger partial charge < -0.3 is 4.74 Å². The molecule has 1 aromatic carbocycles. The van der Waals surface area contributed by atoms with E-state index in [9.17, 15) is 8.42 Å². The van der Waals surface area contributed by atoms with E-state index in [4.69, 9.17) is 27.9 Å². The second-order valence-corrected chi connectivity index (χ2v) is 8.74. The Kier molecular flexibility index (Phi) is 6.37. The van der Waals surface area contributed by atoms with E-state index in [0.29, 0.717) is 33.8 Å². The number of benzene rings is 1. The van der Waals surface area contributed by atoms with E-state index in [1.165, 1.54) is 0 Å². The van der Waals surface area contributed by atoms with Crippen molar-refractivity contribution in [3.63, 3.8) is 0 Å². The van der Waals surface area contributed by atoms with Gasteiger partial charge in [-0.15, -0.1) is 0 Å². The Bertz CT molecular complexity index is 830. The number of rotatable bonds is 7. The second-order valence-electron chi connectivity index (χ2n) is 6.09. The molecule has 25 heavy (non-hydrogen) atoms. The molecular weight excluding hydrogens is 385 g/mol. The van der Waals surface area contributed by atoms with Crippen LogP contribution in [0.25, 0.3) is 0 Å². The Morgan fingerprint density at radius 2 is 1.84 bits per heavy atom. The van der Waals surface area contributed by atoms with Crippen molar-refractivity contribution >= 4 is 33.2 Å². The predicted octanol–water partition coefficient (Wildman–Crippen LogP) is 4.32. The molecular formula is C16H21Cl2N3O3S. The molecule has 1 aromatic heterocycles. The van der Waals surface area contributed by atoms with E-state index >= 15 is 0 Å². The third-order valence-corrected chi connectivity index (χ3v) is 4.69. The molecule has 0 amide bonds. The highest BCUT2D eigenvalue weighted by atomic mass is 35.5. The van der Waals surface area contributed by atoms with Crippen LogP contribution in [0.3, 0.4) is 0 Å². The van der Waals surface area contributed by atoms with Gasteiger partial charge in [-0.2, -0.15) is 5.10 Å². The van der Waals surface area contributed by atoms with Crippen molar-refractivity contribution in [3.05, 3.63) is 39.5 Å². The summed E-state index contributed by atoms with van der Waals surface area (Å²) in [6, 6.07) is 4.44. The molecule has 0 saturated heterocycles. The van der Waals surface area contributed by atoms with Crippen LogP contribution in [-0.2, 0) is 16.4 Å². The zero-order valence-corrected chi connectivity index (χ0v) is 16.8. The van der Waals surface area contributed by atoms with E-state index in [1.807, 2.05) is 20.8 Å². The lowest BCUT2D eigenvalue weighted by Crippen LogP contribution is -2.31. The molecule has 0 aliphatic carbocycles. The molecule has 0 fully saturated rings. The number of aromatic nitrogens is 2. The predicted molar refractivity (Wildman–Crippen MR) is 100 cm³/mol. The highest BCUT2D eigenvalue weighted by molar-refractivity contribution is 7.88. The Balaban J connectivity index is 2.39. The molecule has 2 rings (SSSR count). The number of ether oxygens (including phenoxy) is 1. The van der Waals surface area contributed by atoms with Gasteiger partial charge in [0.1, 0.15) is 5.75 Å². The molecule has 1 heterocycles. The standard InChI is InChI=1S/C16H21Cl2N3O3S/c1-5-13-15(14(9(2)3)21-25(4,22)23)19-20-16(13)24-12-7-10(17)6-11(18)8-12/h6-9,14,21H,5H2,1-4H3,(H,19,20). The third kappa shape index (κ3) is 5.34. The number of halogens is 2. The van der Waals surface area contributed by atoms with Gasteiger partial charge >= 0.3 is 0 Å². The first kappa shape index (κ1) is 20.0.